The second kappa shape index (κ2) is 6.93. The van der Waals surface area contributed by atoms with Gasteiger partial charge in [-0.2, -0.15) is 0 Å². The molecule has 0 amide bonds. The van der Waals surface area contributed by atoms with E-state index in [1.54, 1.807) is 18.9 Å². The van der Waals surface area contributed by atoms with E-state index >= 15 is 0 Å². The number of nitrogens with one attached hydrogen (secondary N) is 2. The fourth-order valence-electron chi connectivity index (χ4n) is 2.05. The van der Waals surface area contributed by atoms with Crippen LogP contribution in [0.5, 0.6) is 0 Å². The lowest BCUT2D eigenvalue weighted by molar-refractivity contribution is 0.564. The van der Waals surface area contributed by atoms with E-state index in [0.29, 0.717) is 12.5 Å². The summed E-state index contributed by atoms with van der Waals surface area (Å²) in [5.41, 5.74) is 2.23. The second-order valence-corrected chi connectivity index (χ2v) is 5.05. The van der Waals surface area contributed by atoms with Crippen LogP contribution < -0.4 is 10.6 Å². The Morgan fingerprint density at radius 3 is 2.55 bits per heavy atom. The third-order valence-corrected chi connectivity index (χ3v) is 3.04. The van der Waals surface area contributed by atoms with Crippen LogP contribution in [0.25, 0.3) is 0 Å². The maximum absolute atomic E-state index is 5.07. The normalized spacial score (nSPS) is 10.8. The Bertz CT molecular complexity index is 523. The quantitative estimate of drug-likeness (QED) is 0.807. The Morgan fingerprint density at radius 1 is 1.20 bits per heavy atom. The summed E-state index contributed by atoms with van der Waals surface area (Å²) in [6, 6.07) is 1.94. The lowest BCUT2D eigenvalue weighted by atomic mass is 10.0. The van der Waals surface area contributed by atoms with Crippen LogP contribution in [0.1, 0.15) is 44.2 Å². The van der Waals surface area contributed by atoms with Gasteiger partial charge in [0.1, 0.15) is 18.0 Å². The molecule has 2 N–H and O–H groups in total. The monoisotopic (exact) mass is 274 g/mol. The van der Waals surface area contributed by atoms with Gasteiger partial charge < -0.3 is 15.1 Å². The van der Waals surface area contributed by atoms with Crippen molar-refractivity contribution < 1.29 is 4.42 Å². The molecule has 0 radical (unpaired) electrons. The van der Waals surface area contributed by atoms with Crippen LogP contribution in [0, 0.1) is 0 Å². The van der Waals surface area contributed by atoms with Gasteiger partial charge in [-0.3, -0.25) is 0 Å². The smallest absolute Gasteiger partial charge is 0.135 e. The number of rotatable bonds is 7. The minimum atomic E-state index is 0.349. The molecule has 0 aromatic carbocycles. The molecule has 2 rings (SSSR count). The number of furan rings is 1. The molecule has 0 aliphatic rings. The second-order valence-electron chi connectivity index (χ2n) is 5.05. The summed E-state index contributed by atoms with van der Waals surface area (Å²) in [6.07, 6.45) is 6.08. The largest absolute Gasteiger partial charge is 0.472 e. The number of hydrogen-bond acceptors (Lipinski definition) is 5. The standard InChI is InChI=1S/C15H22N4O/c1-4-6-16-14-13(11(2)3)15(19-10-18-14)17-8-12-5-7-20-9-12/h5,7,9-11H,4,6,8H2,1-3H3,(H2,16,17,18,19). The van der Waals surface area contributed by atoms with Crippen molar-refractivity contribution in [3.05, 3.63) is 36.0 Å². The molecule has 0 spiro atoms. The van der Waals surface area contributed by atoms with Crippen molar-refractivity contribution in [2.45, 2.75) is 39.7 Å². The van der Waals surface area contributed by atoms with Crippen LogP contribution in [0.4, 0.5) is 11.6 Å². The molecule has 0 saturated heterocycles. The molecular formula is C15H22N4O. The van der Waals surface area contributed by atoms with Gasteiger partial charge in [0.15, 0.2) is 0 Å². The Kier molecular flexibility index (Phi) is 4.98. The first kappa shape index (κ1) is 14.4. The van der Waals surface area contributed by atoms with Crippen molar-refractivity contribution in [2.75, 3.05) is 17.2 Å². The SMILES string of the molecule is CCCNc1ncnc(NCc2ccoc2)c1C(C)C. The fraction of sp³-hybridized carbons (Fsp3) is 0.467. The van der Waals surface area contributed by atoms with Crippen molar-refractivity contribution >= 4 is 11.6 Å². The van der Waals surface area contributed by atoms with Crippen LogP contribution >= 0.6 is 0 Å². The molecule has 5 nitrogen and oxygen atoms in total. The highest BCUT2D eigenvalue weighted by Crippen LogP contribution is 2.28. The van der Waals surface area contributed by atoms with Crippen molar-refractivity contribution in [2.24, 2.45) is 0 Å². The van der Waals surface area contributed by atoms with Crippen LogP contribution in [0.2, 0.25) is 0 Å². The van der Waals surface area contributed by atoms with Gasteiger partial charge in [-0.1, -0.05) is 20.8 Å². The van der Waals surface area contributed by atoms with Gasteiger partial charge in [0.05, 0.1) is 12.5 Å². The lowest BCUT2D eigenvalue weighted by Gasteiger charge is -2.17. The van der Waals surface area contributed by atoms with E-state index in [2.05, 4.69) is 41.4 Å². The lowest BCUT2D eigenvalue weighted by Crippen LogP contribution is -2.11. The fourth-order valence-corrected chi connectivity index (χ4v) is 2.05. The Balaban J connectivity index is 2.17. The van der Waals surface area contributed by atoms with E-state index in [9.17, 15) is 0 Å². The topological polar surface area (TPSA) is 63.0 Å². The summed E-state index contributed by atoms with van der Waals surface area (Å²) in [6.45, 7) is 8.05. The summed E-state index contributed by atoms with van der Waals surface area (Å²) in [5.74, 6) is 2.16. The molecule has 0 atom stereocenters. The van der Waals surface area contributed by atoms with Gasteiger partial charge in [-0.15, -0.1) is 0 Å². The molecule has 2 aromatic rings. The minimum absolute atomic E-state index is 0.349. The van der Waals surface area contributed by atoms with Crippen molar-refractivity contribution in [3.8, 4) is 0 Å². The van der Waals surface area contributed by atoms with Crippen molar-refractivity contribution in [1.82, 2.24) is 9.97 Å². The van der Waals surface area contributed by atoms with Crippen LogP contribution in [-0.2, 0) is 6.54 Å². The predicted octanol–water partition coefficient (Wildman–Crippen LogP) is 3.63. The average molecular weight is 274 g/mol. The molecule has 5 heteroatoms. The van der Waals surface area contributed by atoms with Crippen LogP contribution in [0.3, 0.4) is 0 Å². The highest BCUT2D eigenvalue weighted by atomic mass is 16.3. The number of nitrogens with zero attached hydrogens (tertiary/aromatic N) is 2. The highest BCUT2D eigenvalue weighted by Gasteiger charge is 2.14. The van der Waals surface area contributed by atoms with E-state index in [1.807, 2.05) is 6.07 Å². The summed E-state index contributed by atoms with van der Waals surface area (Å²) >= 11 is 0. The Hall–Kier alpha value is -2.04. The molecule has 0 saturated carbocycles. The maximum Gasteiger partial charge on any atom is 0.135 e. The van der Waals surface area contributed by atoms with Gasteiger partial charge in [0.2, 0.25) is 0 Å². The zero-order valence-corrected chi connectivity index (χ0v) is 12.3. The Labute approximate surface area is 119 Å². The van der Waals surface area contributed by atoms with Gasteiger partial charge in [0.25, 0.3) is 0 Å². The van der Waals surface area contributed by atoms with Gasteiger partial charge in [0, 0.05) is 24.2 Å². The zero-order chi connectivity index (χ0) is 14.4. The van der Waals surface area contributed by atoms with Gasteiger partial charge in [-0.25, -0.2) is 9.97 Å². The van der Waals surface area contributed by atoms with Crippen LogP contribution in [-0.4, -0.2) is 16.5 Å². The van der Waals surface area contributed by atoms with E-state index in [1.165, 1.54) is 0 Å². The molecule has 2 heterocycles. The molecule has 0 unspecified atom stereocenters. The summed E-state index contributed by atoms with van der Waals surface area (Å²) < 4.78 is 5.07. The molecule has 108 valence electrons. The first-order chi connectivity index (χ1) is 9.72. The number of anilines is 2. The van der Waals surface area contributed by atoms with Gasteiger partial charge in [-0.05, 0) is 18.4 Å². The third-order valence-electron chi connectivity index (χ3n) is 3.04. The summed E-state index contributed by atoms with van der Waals surface area (Å²) in [7, 11) is 0. The molecule has 20 heavy (non-hydrogen) atoms. The van der Waals surface area contributed by atoms with Crippen molar-refractivity contribution in [3.63, 3.8) is 0 Å². The molecule has 0 aliphatic heterocycles. The van der Waals surface area contributed by atoms with E-state index in [0.717, 1.165) is 35.7 Å². The summed E-state index contributed by atoms with van der Waals surface area (Å²) in [5, 5.41) is 6.73. The van der Waals surface area contributed by atoms with Crippen LogP contribution in [0.15, 0.2) is 29.3 Å². The molecule has 0 bridgehead atoms. The molecule has 0 aliphatic carbocycles. The number of aromatic nitrogens is 2. The van der Waals surface area contributed by atoms with E-state index in [-0.39, 0.29) is 0 Å². The Morgan fingerprint density at radius 2 is 1.95 bits per heavy atom. The molecular weight excluding hydrogens is 252 g/mol. The third kappa shape index (κ3) is 3.50. The minimum Gasteiger partial charge on any atom is -0.472 e. The zero-order valence-electron chi connectivity index (χ0n) is 12.3. The van der Waals surface area contributed by atoms with E-state index < -0.39 is 0 Å². The van der Waals surface area contributed by atoms with E-state index in [4.69, 9.17) is 4.42 Å². The molecule has 0 fully saturated rings. The summed E-state index contributed by atoms with van der Waals surface area (Å²) in [4.78, 5) is 8.74. The average Bonchev–Trinajstić information content (AvgIpc) is 2.95. The predicted molar refractivity (Wildman–Crippen MR) is 80.9 cm³/mol. The first-order valence-corrected chi connectivity index (χ1v) is 7.06. The molecule has 2 aromatic heterocycles. The van der Waals surface area contributed by atoms with Gasteiger partial charge >= 0.3 is 0 Å². The maximum atomic E-state index is 5.07. The number of hydrogen-bond donors (Lipinski definition) is 2. The highest BCUT2D eigenvalue weighted by molar-refractivity contribution is 5.59. The first-order valence-electron chi connectivity index (χ1n) is 7.06. The van der Waals surface area contributed by atoms with Crippen molar-refractivity contribution in [1.29, 1.82) is 0 Å².